The van der Waals surface area contributed by atoms with Crippen molar-refractivity contribution in [1.29, 1.82) is 0 Å². The van der Waals surface area contributed by atoms with E-state index in [4.69, 9.17) is 10.5 Å². The second-order valence-electron chi connectivity index (χ2n) is 5.16. The monoisotopic (exact) mass is 300 g/mol. The van der Waals surface area contributed by atoms with Crippen LogP contribution in [0.5, 0.6) is 5.75 Å². The van der Waals surface area contributed by atoms with Crippen LogP contribution in [0.2, 0.25) is 0 Å². The summed E-state index contributed by atoms with van der Waals surface area (Å²) in [6.07, 6.45) is 3.10. The molecule has 1 fully saturated rings. The van der Waals surface area contributed by atoms with Gasteiger partial charge in [-0.15, -0.1) is 0 Å². The van der Waals surface area contributed by atoms with Gasteiger partial charge in [0.05, 0.1) is 23.3 Å². The molecule has 1 aromatic rings. The maximum atomic E-state index is 12.2. The average Bonchev–Trinajstić information content (AvgIpc) is 2.85. The first-order valence-electron chi connectivity index (χ1n) is 6.52. The number of benzene rings is 1. The van der Waals surface area contributed by atoms with E-state index in [2.05, 4.69) is 4.72 Å². The van der Waals surface area contributed by atoms with Crippen LogP contribution in [-0.2, 0) is 10.0 Å². The number of nitrogens with one attached hydrogen (secondary N) is 1. The van der Waals surface area contributed by atoms with Crippen LogP contribution in [0.3, 0.4) is 0 Å². The number of hydrogen-bond acceptors (Lipinski definition) is 5. The third kappa shape index (κ3) is 3.23. The third-order valence-electron chi connectivity index (χ3n) is 3.64. The summed E-state index contributed by atoms with van der Waals surface area (Å²) in [5.41, 5.74) is 5.11. The molecule has 1 aliphatic carbocycles. The Morgan fingerprint density at radius 3 is 2.65 bits per heavy atom. The fraction of sp³-hybridized carbons (Fsp3) is 0.538. The molecule has 0 aliphatic heterocycles. The largest absolute Gasteiger partial charge is 0.495 e. The van der Waals surface area contributed by atoms with Crippen LogP contribution >= 0.6 is 0 Å². The van der Waals surface area contributed by atoms with Crippen molar-refractivity contribution in [2.24, 2.45) is 0 Å². The minimum atomic E-state index is -3.68. The van der Waals surface area contributed by atoms with E-state index in [0.29, 0.717) is 24.3 Å². The first-order valence-corrected chi connectivity index (χ1v) is 8.00. The van der Waals surface area contributed by atoms with Crippen LogP contribution in [0.25, 0.3) is 0 Å². The second kappa shape index (κ2) is 5.59. The summed E-state index contributed by atoms with van der Waals surface area (Å²) >= 11 is 0. The molecule has 1 aliphatic rings. The number of rotatable bonds is 5. The number of aliphatic hydroxyl groups is 1. The highest BCUT2D eigenvalue weighted by atomic mass is 32.2. The molecule has 6 nitrogen and oxygen atoms in total. The van der Waals surface area contributed by atoms with E-state index in [1.165, 1.54) is 25.3 Å². The summed E-state index contributed by atoms with van der Waals surface area (Å²) in [7, 11) is -2.25. The maximum Gasteiger partial charge on any atom is 0.240 e. The summed E-state index contributed by atoms with van der Waals surface area (Å²) in [6, 6.07) is 4.27. The van der Waals surface area contributed by atoms with Gasteiger partial charge in [0.25, 0.3) is 0 Å². The molecule has 7 heteroatoms. The van der Waals surface area contributed by atoms with Gasteiger partial charge in [0.15, 0.2) is 0 Å². The van der Waals surface area contributed by atoms with Gasteiger partial charge < -0.3 is 15.6 Å². The molecule has 0 heterocycles. The summed E-state index contributed by atoms with van der Waals surface area (Å²) in [6.45, 7) is 0.0298. The van der Waals surface area contributed by atoms with E-state index in [-0.39, 0.29) is 11.4 Å². The molecule has 0 spiro atoms. The standard InChI is InChI=1S/C13H20N2O4S/c1-19-12-8-10(4-5-11(12)14)20(17,18)15-9-13(16)6-2-3-7-13/h4-5,8,15-16H,2-3,6-7,9,14H2,1H3. The van der Waals surface area contributed by atoms with E-state index in [9.17, 15) is 13.5 Å². The van der Waals surface area contributed by atoms with Gasteiger partial charge in [-0.25, -0.2) is 13.1 Å². The Kier molecular flexibility index (Phi) is 4.22. The first kappa shape index (κ1) is 15.1. The normalized spacial score (nSPS) is 18.1. The molecule has 112 valence electrons. The summed E-state index contributed by atoms with van der Waals surface area (Å²) < 4.78 is 31.9. The van der Waals surface area contributed by atoms with E-state index >= 15 is 0 Å². The lowest BCUT2D eigenvalue weighted by atomic mass is 10.0. The van der Waals surface area contributed by atoms with Crippen LogP contribution in [0.4, 0.5) is 5.69 Å². The summed E-state index contributed by atoms with van der Waals surface area (Å²) in [4.78, 5) is 0.0742. The Labute approximate surface area is 119 Å². The lowest BCUT2D eigenvalue weighted by Gasteiger charge is -2.22. The van der Waals surface area contributed by atoms with Gasteiger partial charge in [0, 0.05) is 12.6 Å². The molecule has 1 saturated carbocycles. The minimum absolute atomic E-state index is 0.0298. The highest BCUT2D eigenvalue weighted by Crippen LogP contribution is 2.29. The quantitative estimate of drug-likeness (QED) is 0.700. The van der Waals surface area contributed by atoms with Gasteiger partial charge in [-0.2, -0.15) is 0 Å². The third-order valence-corrected chi connectivity index (χ3v) is 5.04. The first-order chi connectivity index (χ1) is 9.36. The summed E-state index contributed by atoms with van der Waals surface area (Å²) in [5, 5.41) is 10.2. The van der Waals surface area contributed by atoms with Crippen molar-refractivity contribution in [2.75, 3.05) is 19.4 Å². The number of methoxy groups -OCH3 is 1. The zero-order chi connectivity index (χ0) is 14.8. The van der Waals surface area contributed by atoms with E-state index in [0.717, 1.165) is 12.8 Å². The Bertz CT molecular complexity index is 580. The topological polar surface area (TPSA) is 102 Å². The van der Waals surface area contributed by atoms with Gasteiger partial charge >= 0.3 is 0 Å². The van der Waals surface area contributed by atoms with Crippen molar-refractivity contribution in [3.8, 4) is 5.75 Å². The van der Waals surface area contributed by atoms with E-state index < -0.39 is 15.6 Å². The van der Waals surface area contributed by atoms with Crippen LogP contribution in [0.1, 0.15) is 25.7 Å². The van der Waals surface area contributed by atoms with Crippen molar-refractivity contribution in [1.82, 2.24) is 4.72 Å². The minimum Gasteiger partial charge on any atom is -0.495 e. The second-order valence-corrected chi connectivity index (χ2v) is 6.93. The SMILES string of the molecule is COc1cc(S(=O)(=O)NCC2(O)CCCC2)ccc1N. The van der Waals surface area contributed by atoms with Crippen LogP contribution in [-0.4, -0.2) is 32.8 Å². The van der Waals surface area contributed by atoms with Crippen molar-refractivity contribution in [3.63, 3.8) is 0 Å². The number of ether oxygens (including phenoxy) is 1. The molecule has 0 amide bonds. The summed E-state index contributed by atoms with van der Waals surface area (Å²) in [5.74, 6) is 0.312. The molecule has 0 atom stereocenters. The Morgan fingerprint density at radius 1 is 1.40 bits per heavy atom. The van der Waals surface area contributed by atoms with Gasteiger partial charge in [-0.3, -0.25) is 0 Å². The molecule has 0 radical (unpaired) electrons. The zero-order valence-corrected chi connectivity index (χ0v) is 12.2. The highest BCUT2D eigenvalue weighted by molar-refractivity contribution is 7.89. The molecule has 4 N–H and O–H groups in total. The Balaban J connectivity index is 2.14. The van der Waals surface area contributed by atoms with Crippen LogP contribution in [0.15, 0.2) is 23.1 Å². The average molecular weight is 300 g/mol. The number of sulfonamides is 1. The smallest absolute Gasteiger partial charge is 0.240 e. The molecule has 20 heavy (non-hydrogen) atoms. The molecular formula is C13H20N2O4S. The van der Waals surface area contributed by atoms with Crippen molar-refractivity contribution in [2.45, 2.75) is 36.2 Å². The predicted molar refractivity (Wildman–Crippen MR) is 76.0 cm³/mol. The molecule has 2 rings (SSSR count). The maximum absolute atomic E-state index is 12.2. The molecule has 0 bridgehead atoms. The van der Waals surface area contributed by atoms with Gasteiger partial charge in [0.2, 0.25) is 10.0 Å². The molecule has 0 unspecified atom stereocenters. The van der Waals surface area contributed by atoms with Crippen LogP contribution in [0, 0.1) is 0 Å². The Hall–Kier alpha value is -1.31. The van der Waals surface area contributed by atoms with Crippen molar-refractivity contribution >= 4 is 15.7 Å². The molecular weight excluding hydrogens is 280 g/mol. The number of hydrogen-bond donors (Lipinski definition) is 3. The fourth-order valence-corrected chi connectivity index (χ4v) is 3.52. The molecule has 1 aromatic carbocycles. The molecule has 0 saturated heterocycles. The van der Waals surface area contributed by atoms with Crippen molar-refractivity contribution < 1.29 is 18.3 Å². The van der Waals surface area contributed by atoms with Gasteiger partial charge in [-0.1, -0.05) is 12.8 Å². The lowest BCUT2D eigenvalue weighted by molar-refractivity contribution is 0.0532. The van der Waals surface area contributed by atoms with Crippen molar-refractivity contribution in [3.05, 3.63) is 18.2 Å². The molecule has 0 aromatic heterocycles. The number of anilines is 1. The highest BCUT2D eigenvalue weighted by Gasteiger charge is 2.32. The van der Waals surface area contributed by atoms with Crippen LogP contribution < -0.4 is 15.2 Å². The fourth-order valence-electron chi connectivity index (χ4n) is 2.38. The van der Waals surface area contributed by atoms with Gasteiger partial charge in [-0.05, 0) is 25.0 Å². The number of nitrogens with two attached hydrogens (primary N) is 1. The van der Waals surface area contributed by atoms with Gasteiger partial charge in [0.1, 0.15) is 5.75 Å². The number of nitrogen functional groups attached to an aromatic ring is 1. The van der Waals surface area contributed by atoms with E-state index in [1.807, 2.05) is 0 Å². The van der Waals surface area contributed by atoms with E-state index in [1.54, 1.807) is 0 Å². The zero-order valence-electron chi connectivity index (χ0n) is 11.4. The Morgan fingerprint density at radius 2 is 2.05 bits per heavy atom. The lowest BCUT2D eigenvalue weighted by Crippen LogP contribution is -2.40. The predicted octanol–water partition coefficient (Wildman–Crippen LogP) is 0.861.